The molecule has 0 aliphatic rings. The van der Waals surface area contributed by atoms with Gasteiger partial charge in [0, 0.05) is 6.20 Å². The number of hydrogen-bond acceptors (Lipinski definition) is 4. The van der Waals surface area contributed by atoms with Gasteiger partial charge in [0.15, 0.2) is 5.65 Å². The van der Waals surface area contributed by atoms with Gasteiger partial charge in [-0.05, 0) is 43.2 Å². The van der Waals surface area contributed by atoms with Gasteiger partial charge in [-0.3, -0.25) is 4.98 Å². The van der Waals surface area contributed by atoms with E-state index in [1.54, 1.807) is 6.20 Å². The van der Waals surface area contributed by atoms with Gasteiger partial charge in [0.2, 0.25) is 0 Å². The summed E-state index contributed by atoms with van der Waals surface area (Å²) < 4.78 is 1.87. The van der Waals surface area contributed by atoms with Crippen molar-refractivity contribution in [1.29, 1.82) is 0 Å². The lowest BCUT2D eigenvalue weighted by Crippen LogP contribution is -2.05. The third-order valence-electron chi connectivity index (χ3n) is 3.83. The first-order valence-corrected chi connectivity index (χ1v) is 8.52. The van der Waals surface area contributed by atoms with Gasteiger partial charge < -0.3 is 5.32 Å². The molecular formula is C19H24ClN5. The molecule has 0 atom stereocenters. The number of allylic oxidation sites excluding steroid dienone is 1. The Bertz CT molecular complexity index is 798. The lowest BCUT2D eigenvalue weighted by atomic mass is 10.2. The number of anilines is 1. The highest BCUT2D eigenvalue weighted by Crippen LogP contribution is 2.12. The SMILES string of the molecule is CCCCCC=Cc1cnc2ccc(NCc3ccccn3)nn12.Cl. The molecule has 0 saturated carbocycles. The zero-order valence-corrected chi connectivity index (χ0v) is 15.2. The Morgan fingerprint density at radius 2 is 2.04 bits per heavy atom. The number of fused-ring (bicyclic) bond motifs is 1. The van der Waals surface area contributed by atoms with Crippen LogP contribution in [0, 0.1) is 0 Å². The molecule has 0 spiro atoms. The van der Waals surface area contributed by atoms with Gasteiger partial charge in [-0.15, -0.1) is 17.5 Å². The molecule has 0 radical (unpaired) electrons. The van der Waals surface area contributed by atoms with Crippen molar-refractivity contribution >= 4 is 29.9 Å². The smallest absolute Gasteiger partial charge is 0.154 e. The fourth-order valence-corrected chi connectivity index (χ4v) is 2.50. The van der Waals surface area contributed by atoms with Crippen LogP contribution in [0.5, 0.6) is 0 Å². The maximum absolute atomic E-state index is 4.63. The van der Waals surface area contributed by atoms with Crippen molar-refractivity contribution in [3.63, 3.8) is 0 Å². The Morgan fingerprint density at radius 1 is 1.12 bits per heavy atom. The molecule has 0 fully saturated rings. The van der Waals surface area contributed by atoms with Crippen molar-refractivity contribution < 1.29 is 0 Å². The molecule has 0 aromatic carbocycles. The summed E-state index contributed by atoms with van der Waals surface area (Å²) in [5.41, 5.74) is 2.84. The first-order chi connectivity index (χ1) is 11.9. The van der Waals surface area contributed by atoms with E-state index in [0.29, 0.717) is 6.54 Å². The van der Waals surface area contributed by atoms with E-state index in [1.165, 1.54) is 19.3 Å². The molecule has 5 nitrogen and oxygen atoms in total. The van der Waals surface area contributed by atoms with Crippen molar-refractivity contribution in [2.75, 3.05) is 5.32 Å². The maximum Gasteiger partial charge on any atom is 0.154 e. The van der Waals surface area contributed by atoms with Gasteiger partial charge in [0.25, 0.3) is 0 Å². The number of hydrogen-bond donors (Lipinski definition) is 1. The van der Waals surface area contributed by atoms with Gasteiger partial charge >= 0.3 is 0 Å². The second-order valence-electron chi connectivity index (χ2n) is 5.74. The average Bonchev–Trinajstić information content (AvgIpc) is 3.03. The molecule has 1 N–H and O–H groups in total. The topological polar surface area (TPSA) is 55.1 Å². The Hall–Kier alpha value is -2.40. The predicted octanol–water partition coefficient (Wildman–Crippen LogP) is 4.75. The molecule has 6 heteroatoms. The van der Waals surface area contributed by atoms with E-state index in [9.17, 15) is 0 Å². The first kappa shape index (κ1) is 18.9. The quantitative estimate of drug-likeness (QED) is 0.591. The minimum absolute atomic E-state index is 0. The Morgan fingerprint density at radius 3 is 2.84 bits per heavy atom. The van der Waals surface area contributed by atoms with Gasteiger partial charge in [-0.2, -0.15) is 0 Å². The Labute approximate surface area is 154 Å². The van der Waals surface area contributed by atoms with Gasteiger partial charge in [0.05, 0.1) is 24.1 Å². The van der Waals surface area contributed by atoms with Crippen LogP contribution in [0.3, 0.4) is 0 Å². The van der Waals surface area contributed by atoms with Crippen LogP contribution in [-0.4, -0.2) is 19.6 Å². The molecular weight excluding hydrogens is 334 g/mol. The fraction of sp³-hybridized carbons (Fsp3) is 0.316. The summed E-state index contributed by atoms with van der Waals surface area (Å²) in [6.45, 7) is 2.87. The number of aromatic nitrogens is 4. The largest absolute Gasteiger partial charge is 0.363 e. The van der Waals surface area contributed by atoms with Gasteiger partial charge in [-0.25, -0.2) is 9.50 Å². The van der Waals surface area contributed by atoms with Crippen LogP contribution in [0.4, 0.5) is 5.82 Å². The molecule has 3 heterocycles. The molecule has 3 rings (SSSR count). The summed E-state index contributed by atoms with van der Waals surface area (Å²) in [5, 5.41) is 7.94. The highest BCUT2D eigenvalue weighted by molar-refractivity contribution is 5.85. The minimum atomic E-state index is 0. The van der Waals surface area contributed by atoms with Crippen molar-refractivity contribution in [2.24, 2.45) is 0 Å². The summed E-state index contributed by atoms with van der Waals surface area (Å²) in [6, 6.07) is 9.81. The summed E-state index contributed by atoms with van der Waals surface area (Å²) in [6.07, 6.45) is 12.8. The standard InChI is InChI=1S/C19H23N5.ClH/c1-2-3-4-5-6-10-17-15-22-19-12-11-18(23-24(17)19)21-14-16-9-7-8-13-20-16;/h6-13,15H,2-5,14H2,1H3,(H,21,23);1H. The van der Waals surface area contributed by atoms with E-state index < -0.39 is 0 Å². The van der Waals surface area contributed by atoms with Crippen LogP contribution >= 0.6 is 12.4 Å². The molecule has 0 amide bonds. The highest BCUT2D eigenvalue weighted by atomic mass is 35.5. The van der Waals surface area contributed by atoms with E-state index in [2.05, 4.69) is 39.5 Å². The minimum Gasteiger partial charge on any atom is -0.363 e. The van der Waals surface area contributed by atoms with Crippen molar-refractivity contribution in [2.45, 2.75) is 39.2 Å². The first-order valence-electron chi connectivity index (χ1n) is 8.52. The number of halogens is 1. The third-order valence-corrected chi connectivity index (χ3v) is 3.83. The van der Waals surface area contributed by atoms with E-state index >= 15 is 0 Å². The Kier molecular flexibility index (Phi) is 7.41. The molecule has 0 aliphatic carbocycles. The normalized spacial score (nSPS) is 10.9. The zero-order valence-electron chi connectivity index (χ0n) is 14.4. The third kappa shape index (κ3) is 5.29. The van der Waals surface area contributed by atoms with Crippen LogP contribution in [-0.2, 0) is 6.54 Å². The van der Waals surface area contributed by atoms with Crippen molar-refractivity contribution in [3.05, 3.63) is 60.2 Å². The van der Waals surface area contributed by atoms with E-state index in [-0.39, 0.29) is 12.4 Å². The molecule has 3 aromatic heterocycles. The summed E-state index contributed by atoms with van der Waals surface area (Å²) in [7, 11) is 0. The number of nitrogens with zero attached hydrogens (tertiary/aromatic N) is 4. The second-order valence-corrected chi connectivity index (χ2v) is 5.74. The average molecular weight is 358 g/mol. The van der Waals surface area contributed by atoms with Crippen molar-refractivity contribution in [3.8, 4) is 0 Å². The van der Waals surface area contributed by atoms with Crippen LogP contribution < -0.4 is 5.32 Å². The Balaban J connectivity index is 0.00000225. The van der Waals surface area contributed by atoms with Gasteiger partial charge in [-0.1, -0.05) is 31.9 Å². The van der Waals surface area contributed by atoms with Crippen LogP contribution in [0.15, 0.2) is 48.8 Å². The monoisotopic (exact) mass is 357 g/mol. The van der Waals surface area contributed by atoms with E-state index in [1.807, 2.05) is 41.0 Å². The fourth-order valence-electron chi connectivity index (χ4n) is 2.50. The molecule has 0 bridgehead atoms. The highest BCUT2D eigenvalue weighted by Gasteiger charge is 2.03. The van der Waals surface area contributed by atoms with Gasteiger partial charge in [0.1, 0.15) is 5.82 Å². The van der Waals surface area contributed by atoms with E-state index in [0.717, 1.165) is 29.3 Å². The summed E-state index contributed by atoms with van der Waals surface area (Å²) >= 11 is 0. The van der Waals surface area contributed by atoms with Crippen LogP contribution in [0.2, 0.25) is 0 Å². The van der Waals surface area contributed by atoms with Crippen molar-refractivity contribution in [1.82, 2.24) is 19.6 Å². The summed E-state index contributed by atoms with van der Waals surface area (Å²) in [4.78, 5) is 8.71. The summed E-state index contributed by atoms with van der Waals surface area (Å²) in [5.74, 6) is 0.812. The lowest BCUT2D eigenvalue weighted by molar-refractivity contribution is 0.730. The van der Waals surface area contributed by atoms with Crippen LogP contribution in [0.1, 0.15) is 44.0 Å². The maximum atomic E-state index is 4.63. The molecule has 0 unspecified atom stereocenters. The molecule has 0 saturated heterocycles. The molecule has 0 aliphatic heterocycles. The molecule has 25 heavy (non-hydrogen) atoms. The second kappa shape index (κ2) is 9.79. The van der Waals surface area contributed by atoms with E-state index in [4.69, 9.17) is 0 Å². The number of rotatable bonds is 8. The number of nitrogens with one attached hydrogen (secondary N) is 1. The zero-order chi connectivity index (χ0) is 16.6. The predicted molar refractivity (Wildman–Crippen MR) is 105 cm³/mol. The number of imidazole rings is 1. The van der Waals surface area contributed by atoms with Crippen LogP contribution in [0.25, 0.3) is 11.7 Å². The number of pyridine rings is 1. The lowest BCUT2D eigenvalue weighted by Gasteiger charge is -2.05. The molecule has 132 valence electrons. The molecule has 3 aromatic rings. The number of unbranched alkanes of at least 4 members (excludes halogenated alkanes) is 3.